The Morgan fingerprint density at radius 2 is 1.89 bits per heavy atom. The molecule has 0 aliphatic carbocycles. The molecule has 3 aromatic carbocycles. The molecule has 2 aromatic heterocycles. The van der Waals surface area contributed by atoms with Gasteiger partial charge in [-0.25, -0.2) is 9.97 Å². The molecule has 7 heteroatoms. The fourth-order valence-electron chi connectivity index (χ4n) is 5.01. The Bertz CT molecular complexity index is 1580. The Labute approximate surface area is 213 Å². The van der Waals surface area contributed by atoms with Crippen LogP contribution in [0.4, 0.5) is 11.5 Å². The summed E-state index contributed by atoms with van der Waals surface area (Å²) in [6.07, 6.45) is 1.34. The summed E-state index contributed by atoms with van der Waals surface area (Å²) < 4.78 is 6.14. The first kappa shape index (κ1) is 22.6. The van der Waals surface area contributed by atoms with E-state index in [0.29, 0.717) is 28.5 Å². The van der Waals surface area contributed by atoms with Gasteiger partial charge in [0, 0.05) is 36.1 Å². The maximum Gasteiger partial charge on any atom is 0.224 e. The van der Waals surface area contributed by atoms with E-state index in [1.807, 2.05) is 79.7 Å². The van der Waals surface area contributed by atoms with Crippen LogP contribution in [0.2, 0.25) is 5.02 Å². The highest BCUT2D eigenvalue weighted by atomic mass is 35.5. The van der Waals surface area contributed by atoms with E-state index in [-0.39, 0.29) is 11.8 Å². The summed E-state index contributed by atoms with van der Waals surface area (Å²) in [5.74, 6) is 1.72. The first-order chi connectivity index (χ1) is 17.5. The number of carbonyl (C=O) groups is 1. The number of para-hydroxylation sites is 1. The van der Waals surface area contributed by atoms with Gasteiger partial charge in [-0.3, -0.25) is 4.79 Å². The lowest BCUT2D eigenvalue weighted by atomic mass is 10.0. The third kappa shape index (κ3) is 4.29. The Balaban J connectivity index is 1.15. The highest BCUT2D eigenvalue weighted by Crippen LogP contribution is 2.35. The van der Waals surface area contributed by atoms with Crippen LogP contribution >= 0.6 is 11.6 Å². The number of hydrogen-bond donors (Lipinski definition) is 1. The number of aryl methyl sites for hydroxylation is 1. The van der Waals surface area contributed by atoms with Gasteiger partial charge in [0.05, 0.1) is 5.02 Å². The Morgan fingerprint density at radius 3 is 2.72 bits per heavy atom. The molecule has 1 atom stereocenters. The van der Waals surface area contributed by atoms with E-state index in [4.69, 9.17) is 21.0 Å². The van der Waals surface area contributed by atoms with Gasteiger partial charge in [0.15, 0.2) is 11.4 Å². The standard InChI is InChI=1S/C29H25ClN4O2/c1-18-31-27-23-9-5-6-10-25(23)36-28(27)29(32-18)34-14-13-19(17-34)15-26(35)33-21-11-12-22(24(30)16-21)20-7-3-2-4-8-20/h2-12,16,19H,13-15,17H2,1H3,(H,33,35)/t19-/m1/s1. The molecule has 6 nitrogen and oxygen atoms in total. The fourth-order valence-corrected chi connectivity index (χ4v) is 5.30. The monoisotopic (exact) mass is 496 g/mol. The lowest BCUT2D eigenvalue weighted by Crippen LogP contribution is -2.23. The maximum atomic E-state index is 12.8. The third-order valence-electron chi connectivity index (χ3n) is 6.71. The summed E-state index contributed by atoms with van der Waals surface area (Å²) in [5.41, 5.74) is 5.05. The number of furan rings is 1. The van der Waals surface area contributed by atoms with Crippen molar-refractivity contribution in [1.29, 1.82) is 0 Å². The Hall–Kier alpha value is -3.90. The second-order valence-corrected chi connectivity index (χ2v) is 9.69. The number of carbonyl (C=O) groups excluding carboxylic acids is 1. The molecule has 0 bridgehead atoms. The number of aromatic nitrogens is 2. The molecule has 180 valence electrons. The molecule has 1 saturated heterocycles. The highest BCUT2D eigenvalue weighted by Gasteiger charge is 2.28. The van der Waals surface area contributed by atoms with Gasteiger partial charge < -0.3 is 14.6 Å². The number of halogens is 1. The van der Waals surface area contributed by atoms with Crippen molar-refractivity contribution in [2.24, 2.45) is 5.92 Å². The second-order valence-electron chi connectivity index (χ2n) is 9.28. The molecular formula is C29H25ClN4O2. The molecule has 1 aliphatic rings. The van der Waals surface area contributed by atoms with Gasteiger partial charge in [-0.05, 0) is 49.1 Å². The van der Waals surface area contributed by atoms with E-state index in [1.54, 1.807) is 0 Å². The SMILES string of the molecule is Cc1nc(N2CC[C@H](CC(=O)Nc3ccc(-c4ccccc4)c(Cl)c3)C2)c2oc3ccccc3c2n1. The average Bonchev–Trinajstić information content (AvgIpc) is 3.49. The summed E-state index contributed by atoms with van der Waals surface area (Å²) in [4.78, 5) is 24.4. The molecule has 36 heavy (non-hydrogen) atoms. The van der Waals surface area contributed by atoms with Crippen LogP contribution in [0, 0.1) is 12.8 Å². The molecule has 1 amide bonds. The second kappa shape index (κ2) is 9.28. The van der Waals surface area contributed by atoms with Crippen LogP contribution in [0.1, 0.15) is 18.7 Å². The van der Waals surface area contributed by atoms with Crippen molar-refractivity contribution in [3.63, 3.8) is 0 Å². The van der Waals surface area contributed by atoms with Crippen LogP contribution in [0.25, 0.3) is 33.2 Å². The molecule has 0 unspecified atom stereocenters. The lowest BCUT2D eigenvalue weighted by molar-refractivity contribution is -0.116. The summed E-state index contributed by atoms with van der Waals surface area (Å²) in [6.45, 7) is 3.46. The molecule has 3 heterocycles. The van der Waals surface area contributed by atoms with Crippen molar-refractivity contribution in [3.8, 4) is 11.1 Å². The molecule has 6 rings (SSSR count). The number of hydrogen-bond acceptors (Lipinski definition) is 5. The van der Waals surface area contributed by atoms with Crippen LogP contribution in [-0.2, 0) is 4.79 Å². The number of nitrogens with one attached hydrogen (secondary N) is 1. The lowest BCUT2D eigenvalue weighted by Gasteiger charge is -2.18. The Kier molecular flexibility index (Phi) is 5.82. The summed E-state index contributed by atoms with van der Waals surface area (Å²) in [5, 5.41) is 4.62. The molecule has 0 spiro atoms. The van der Waals surface area contributed by atoms with E-state index >= 15 is 0 Å². The molecule has 1 fully saturated rings. The first-order valence-corrected chi connectivity index (χ1v) is 12.5. The van der Waals surface area contributed by atoms with Crippen LogP contribution < -0.4 is 10.2 Å². The van der Waals surface area contributed by atoms with Gasteiger partial charge >= 0.3 is 0 Å². The molecular weight excluding hydrogens is 472 g/mol. The normalized spacial score (nSPS) is 15.6. The van der Waals surface area contributed by atoms with Crippen molar-refractivity contribution in [3.05, 3.63) is 83.6 Å². The zero-order valence-electron chi connectivity index (χ0n) is 19.9. The number of rotatable bonds is 5. The molecule has 1 aliphatic heterocycles. The van der Waals surface area contributed by atoms with Gasteiger partial charge in [-0.15, -0.1) is 0 Å². The molecule has 1 N–H and O–H groups in total. The van der Waals surface area contributed by atoms with E-state index in [0.717, 1.165) is 52.9 Å². The van der Waals surface area contributed by atoms with Crippen LogP contribution in [-0.4, -0.2) is 29.0 Å². The minimum Gasteiger partial charge on any atom is -0.450 e. The minimum atomic E-state index is -0.0156. The van der Waals surface area contributed by atoms with E-state index in [2.05, 4.69) is 15.2 Å². The van der Waals surface area contributed by atoms with Crippen molar-refractivity contribution in [2.45, 2.75) is 19.8 Å². The van der Waals surface area contributed by atoms with Gasteiger partial charge in [0.25, 0.3) is 0 Å². The van der Waals surface area contributed by atoms with Crippen LogP contribution in [0.15, 0.2) is 77.2 Å². The van der Waals surface area contributed by atoms with Crippen molar-refractivity contribution in [1.82, 2.24) is 9.97 Å². The average molecular weight is 497 g/mol. The molecule has 0 saturated carbocycles. The van der Waals surface area contributed by atoms with Gasteiger partial charge in [0.1, 0.15) is 16.9 Å². The quantitative estimate of drug-likeness (QED) is 0.288. The number of fused-ring (bicyclic) bond motifs is 3. The molecule has 5 aromatic rings. The van der Waals surface area contributed by atoms with Gasteiger partial charge in [0.2, 0.25) is 5.91 Å². The maximum absolute atomic E-state index is 12.8. The largest absolute Gasteiger partial charge is 0.450 e. The smallest absolute Gasteiger partial charge is 0.224 e. The predicted molar refractivity (Wildman–Crippen MR) is 145 cm³/mol. The number of nitrogens with zero attached hydrogens (tertiary/aromatic N) is 3. The Morgan fingerprint density at radius 1 is 1.08 bits per heavy atom. The first-order valence-electron chi connectivity index (χ1n) is 12.1. The van der Waals surface area contributed by atoms with Gasteiger partial charge in [-0.1, -0.05) is 60.1 Å². The summed E-state index contributed by atoms with van der Waals surface area (Å²) >= 11 is 6.52. The van der Waals surface area contributed by atoms with E-state index < -0.39 is 0 Å². The number of amides is 1. The fraction of sp³-hybridized carbons (Fsp3) is 0.207. The zero-order valence-corrected chi connectivity index (χ0v) is 20.6. The summed E-state index contributed by atoms with van der Waals surface area (Å²) in [7, 11) is 0. The minimum absolute atomic E-state index is 0.0156. The van der Waals surface area contributed by atoms with Crippen molar-refractivity contribution in [2.75, 3.05) is 23.3 Å². The number of benzene rings is 3. The van der Waals surface area contributed by atoms with Crippen LogP contribution in [0.5, 0.6) is 0 Å². The number of anilines is 2. The third-order valence-corrected chi connectivity index (χ3v) is 7.02. The predicted octanol–water partition coefficient (Wildman–Crippen LogP) is 6.86. The highest BCUT2D eigenvalue weighted by molar-refractivity contribution is 6.33. The van der Waals surface area contributed by atoms with E-state index in [9.17, 15) is 4.79 Å². The summed E-state index contributed by atoms with van der Waals surface area (Å²) in [6, 6.07) is 23.5. The zero-order chi connectivity index (χ0) is 24.6. The van der Waals surface area contributed by atoms with Crippen molar-refractivity contribution >= 4 is 51.1 Å². The topological polar surface area (TPSA) is 71.3 Å². The van der Waals surface area contributed by atoms with Gasteiger partial charge in [-0.2, -0.15) is 0 Å². The van der Waals surface area contributed by atoms with Crippen molar-refractivity contribution < 1.29 is 9.21 Å². The van der Waals surface area contributed by atoms with Crippen LogP contribution in [0.3, 0.4) is 0 Å². The van der Waals surface area contributed by atoms with E-state index in [1.165, 1.54) is 0 Å². The molecule has 0 radical (unpaired) electrons.